The van der Waals surface area contributed by atoms with Crippen LogP contribution in [0.1, 0.15) is 25.3 Å². The highest BCUT2D eigenvalue weighted by Crippen LogP contribution is 2.02. The minimum absolute atomic E-state index is 0.797. The third-order valence-corrected chi connectivity index (χ3v) is 2.12. The van der Waals surface area contributed by atoms with Gasteiger partial charge < -0.3 is 4.74 Å². The standard InChI is InChI=1S/C13H19O/c1-2-3-11-14-12-7-10-13-8-5-4-6-9-13/h3-6,8-9H,2,7,10-12H2,1H3. The second-order valence-corrected chi connectivity index (χ2v) is 3.36. The van der Waals surface area contributed by atoms with Gasteiger partial charge in [0.25, 0.3) is 0 Å². The van der Waals surface area contributed by atoms with Crippen LogP contribution >= 0.6 is 0 Å². The summed E-state index contributed by atoms with van der Waals surface area (Å²) in [6.45, 7) is 3.80. The van der Waals surface area contributed by atoms with Crippen LogP contribution in [-0.4, -0.2) is 13.2 Å². The molecule has 0 amide bonds. The van der Waals surface area contributed by atoms with Gasteiger partial charge in [-0.25, -0.2) is 0 Å². The highest BCUT2D eigenvalue weighted by molar-refractivity contribution is 5.14. The highest BCUT2D eigenvalue weighted by atomic mass is 16.5. The number of hydrogen-bond donors (Lipinski definition) is 0. The summed E-state index contributed by atoms with van der Waals surface area (Å²) in [6.07, 6.45) is 5.48. The first-order valence-corrected chi connectivity index (χ1v) is 5.37. The van der Waals surface area contributed by atoms with Crippen LogP contribution in [-0.2, 0) is 11.2 Å². The molecule has 0 saturated heterocycles. The van der Waals surface area contributed by atoms with Crippen molar-refractivity contribution >= 4 is 0 Å². The summed E-state index contributed by atoms with van der Waals surface area (Å²) in [5.41, 5.74) is 1.40. The normalized spacial score (nSPS) is 10.4. The summed E-state index contributed by atoms with van der Waals surface area (Å²) in [4.78, 5) is 0. The van der Waals surface area contributed by atoms with Crippen LogP contribution in [0.15, 0.2) is 30.3 Å². The van der Waals surface area contributed by atoms with Gasteiger partial charge in [0.05, 0.1) is 0 Å². The topological polar surface area (TPSA) is 9.23 Å². The lowest BCUT2D eigenvalue weighted by atomic mass is 10.1. The molecule has 0 unspecified atom stereocenters. The summed E-state index contributed by atoms with van der Waals surface area (Å²) in [5, 5.41) is 0. The lowest BCUT2D eigenvalue weighted by molar-refractivity contribution is 0.150. The van der Waals surface area contributed by atoms with Gasteiger partial charge in [0.1, 0.15) is 0 Å². The van der Waals surface area contributed by atoms with Gasteiger partial charge in [-0.05, 0) is 24.8 Å². The number of benzene rings is 1. The average Bonchev–Trinajstić information content (AvgIpc) is 2.25. The van der Waals surface area contributed by atoms with Crippen molar-refractivity contribution in [3.63, 3.8) is 0 Å². The number of ether oxygens (including phenoxy) is 1. The maximum Gasteiger partial charge on any atom is 0.0497 e. The molecule has 0 aliphatic carbocycles. The van der Waals surface area contributed by atoms with Crippen molar-refractivity contribution in [2.24, 2.45) is 0 Å². The van der Waals surface area contributed by atoms with Gasteiger partial charge in [-0.1, -0.05) is 43.7 Å². The molecule has 14 heavy (non-hydrogen) atoms. The Labute approximate surface area is 87.1 Å². The van der Waals surface area contributed by atoms with Crippen molar-refractivity contribution in [1.82, 2.24) is 0 Å². The van der Waals surface area contributed by atoms with Gasteiger partial charge in [0, 0.05) is 13.2 Å². The molecule has 0 aromatic heterocycles. The molecule has 0 heterocycles. The number of aryl methyl sites for hydroxylation is 1. The molecule has 1 radical (unpaired) electrons. The molecule has 1 heteroatoms. The van der Waals surface area contributed by atoms with Gasteiger partial charge >= 0.3 is 0 Å². The van der Waals surface area contributed by atoms with E-state index in [1.54, 1.807) is 0 Å². The van der Waals surface area contributed by atoms with Crippen molar-refractivity contribution in [2.45, 2.75) is 26.2 Å². The summed E-state index contributed by atoms with van der Waals surface area (Å²) < 4.78 is 5.44. The van der Waals surface area contributed by atoms with Crippen LogP contribution in [0.2, 0.25) is 0 Å². The van der Waals surface area contributed by atoms with Crippen LogP contribution in [0.25, 0.3) is 0 Å². The molecule has 1 aromatic rings. The van der Waals surface area contributed by atoms with Gasteiger partial charge in [-0.15, -0.1) is 0 Å². The van der Waals surface area contributed by atoms with Gasteiger partial charge in [0.2, 0.25) is 0 Å². The Morgan fingerprint density at radius 1 is 1.21 bits per heavy atom. The molecule has 1 aromatic carbocycles. The minimum Gasteiger partial charge on any atom is -0.381 e. The first kappa shape index (κ1) is 11.3. The van der Waals surface area contributed by atoms with Crippen molar-refractivity contribution in [2.75, 3.05) is 13.2 Å². The van der Waals surface area contributed by atoms with Crippen LogP contribution in [0.4, 0.5) is 0 Å². The summed E-state index contributed by atoms with van der Waals surface area (Å²) in [6, 6.07) is 10.6. The monoisotopic (exact) mass is 191 g/mol. The largest absolute Gasteiger partial charge is 0.381 e. The van der Waals surface area contributed by atoms with E-state index in [2.05, 4.69) is 43.7 Å². The lowest BCUT2D eigenvalue weighted by Crippen LogP contribution is -1.98. The van der Waals surface area contributed by atoms with Gasteiger partial charge in [-0.3, -0.25) is 0 Å². The molecule has 1 rings (SSSR count). The maximum absolute atomic E-state index is 5.44. The average molecular weight is 191 g/mol. The summed E-state index contributed by atoms with van der Waals surface area (Å²) in [5.74, 6) is 0. The zero-order chi connectivity index (χ0) is 10.1. The number of hydrogen-bond acceptors (Lipinski definition) is 1. The number of unbranched alkanes of at least 4 members (excludes halogenated alkanes) is 1. The first-order chi connectivity index (χ1) is 6.93. The van der Waals surface area contributed by atoms with E-state index in [-0.39, 0.29) is 0 Å². The second-order valence-electron chi connectivity index (χ2n) is 3.36. The van der Waals surface area contributed by atoms with Crippen molar-refractivity contribution < 1.29 is 4.74 Å². The summed E-state index contributed by atoms with van der Waals surface area (Å²) in [7, 11) is 0. The molecular weight excluding hydrogens is 172 g/mol. The van der Waals surface area contributed by atoms with E-state index in [1.807, 2.05) is 0 Å². The molecule has 77 valence electrons. The van der Waals surface area contributed by atoms with Crippen molar-refractivity contribution in [3.05, 3.63) is 42.3 Å². The predicted octanol–water partition coefficient (Wildman–Crippen LogP) is 3.25. The van der Waals surface area contributed by atoms with Gasteiger partial charge in [0.15, 0.2) is 0 Å². The van der Waals surface area contributed by atoms with E-state index >= 15 is 0 Å². The third-order valence-electron chi connectivity index (χ3n) is 2.12. The zero-order valence-electron chi connectivity index (χ0n) is 8.91. The molecule has 0 aliphatic heterocycles. The Morgan fingerprint density at radius 2 is 2.00 bits per heavy atom. The fraction of sp³-hybridized carbons (Fsp3) is 0.462. The predicted molar refractivity (Wildman–Crippen MR) is 60.2 cm³/mol. The molecule has 1 nitrogen and oxygen atoms in total. The van der Waals surface area contributed by atoms with Crippen LogP contribution in [0.5, 0.6) is 0 Å². The Kier molecular flexibility index (Phi) is 6.09. The second kappa shape index (κ2) is 7.57. The molecule has 0 saturated carbocycles. The molecule has 0 atom stereocenters. The summed E-state index contributed by atoms with van der Waals surface area (Å²) >= 11 is 0. The fourth-order valence-corrected chi connectivity index (χ4v) is 1.31. The van der Waals surface area contributed by atoms with E-state index in [1.165, 1.54) is 5.56 Å². The minimum atomic E-state index is 0.797. The van der Waals surface area contributed by atoms with E-state index in [9.17, 15) is 0 Å². The van der Waals surface area contributed by atoms with E-state index in [4.69, 9.17) is 4.74 Å². The maximum atomic E-state index is 5.44. The fourth-order valence-electron chi connectivity index (χ4n) is 1.31. The molecule has 0 fully saturated rings. The van der Waals surface area contributed by atoms with Crippen LogP contribution < -0.4 is 0 Å². The third kappa shape index (κ3) is 5.03. The lowest BCUT2D eigenvalue weighted by Gasteiger charge is -2.03. The van der Waals surface area contributed by atoms with Crippen LogP contribution in [0, 0.1) is 6.42 Å². The Morgan fingerprint density at radius 3 is 2.71 bits per heavy atom. The van der Waals surface area contributed by atoms with Crippen LogP contribution in [0.3, 0.4) is 0 Å². The molecule has 0 spiro atoms. The van der Waals surface area contributed by atoms with Crippen molar-refractivity contribution in [3.8, 4) is 0 Å². The molecular formula is C13H19O. The first-order valence-electron chi connectivity index (χ1n) is 5.37. The Bertz CT molecular complexity index is 218. The van der Waals surface area contributed by atoms with E-state index in [0.29, 0.717) is 0 Å². The number of rotatable bonds is 7. The Hall–Kier alpha value is -0.820. The SMILES string of the molecule is CC[CH]COCCCc1ccccc1. The Balaban J connectivity index is 1.99. The smallest absolute Gasteiger partial charge is 0.0497 e. The highest BCUT2D eigenvalue weighted by Gasteiger charge is 1.92. The zero-order valence-corrected chi connectivity index (χ0v) is 8.91. The molecule has 0 N–H and O–H groups in total. The van der Waals surface area contributed by atoms with E-state index in [0.717, 1.165) is 32.5 Å². The molecule has 0 bridgehead atoms. The van der Waals surface area contributed by atoms with E-state index < -0.39 is 0 Å². The van der Waals surface area contributed by atoms with Gasteiger partial charge in [-0.2, -0.15) is 0 Å². The molecule has 0 aliphatic rings. The van der Waals surface area contributed by atoms with Crippen molar-refractivity contribution in [1.29, 1.82) is 0 Å². The quantitative estimate of drug-likeness (QED) is 0.601.